The Morgan fingerprint density at radius 1 is 1.11 bits per heavy atom. The van der Waals surface area contributed by atoms with Crippen molar-refractivity contribution in [1.29, 1.82) is 0 Å². The molecule has 1 fully saturated rings. The topological polar surface area (TPSA) is 20.2 Å². The molecular weight excluding hydrogens is 232 g/mol. The lowest BCUT2D eigenvalue weighted by Crippen LogP contribution is -2.36. The van der Waals surface area contributed by atoms with Crippen LogP contribution in [0, 0.1) is 26.7 Å². The van der Waals surface area contributed by atoms with E-state index in [4.69, 9.17) is 0 Å². The first-order valence-corrected chi connectivity index (χ1v) is 7.72. The molecule has 1 saturated carbocycles. The van der Waals surface area contributed by atoms with Gasteiger partial charge < -0.3 is 5.11 Å². The second kappa shape index (κ2) is 5.66. The van der Waals surface area contributed by atoms with Crippen molar-refractivity contribution in [2.24, 2.45) is 5.92 Å². The Balaban J connectivity index is 2.13. The average molecular weight is 260 g/mol. The van der Waals surface area contributed by atoms with Crippen molar-refractivity contribution in [2.45, 2.75) is 71.8 Å². The second-order valence-electron chi connectivity index (χ2n) is 6.63. The van der Waals surface area contributed by atoms with E-state index in [2.05, 4.69) is 39.8 Å². The highest BCUT2D eigenvalue weighted by atomic mass is 16.3. The van der Waals surface area contributed by atoms with Crippen LogP contribution in [-0.2, 0) is 6.42 Å². The van der Waals surface area contributed by atoms with E-state index in [1.807, 2.05) is 0 Å². The summed E-state index contributed by atoms with van der Waals surface area (Å²) < 4.78 is 0. The van der Waals surface area contributed by atoms with Gasteiger partial charge in [0.2, 0.25) is 0 Å². The number of aryl methyl sites for hydroxylation is 3. The molecule has 0 spiro atoms. The van der Waals surface area contributed by atoms with E-state index in [1.165, 1.54) is 41.5 Å². The van der Waals surface area contributed by atoms with Gasteiger partial charge in [-0.1, -0.05) is 31.0 Å². The lowest BCUT2D eigenvalue weighted by Gasteiger charge is -2.36. The summed E-state index contributed by atoms with van der Waals surface area (Å²) in [5.74, 6) is 0.834. The van der Waals surface area contributed by atoms with E-state index in [1.54, 1.807) is 0 Å². The average Bonchev–Trinajstić information content (AvgIpc) is 2.35. The lowest BCUT2D eigenvalue weighted by molar-refractivity contribution is -0.00945. The van der Waals surface area contributed by atoms with Crippen molar-refractivity contribution in [1.82, 2.24) is 0 Å². The van der Waals surface area contributed by atoms with Gasteiger partial charge in [0, 0.05) is 6.42 Å². The Hall–Kier alpha value is -0.820. The molecule has 106 valence electrons. The van der Waals surface area contributed by atoms with E-state index >= 15 is 0 Å². The maximum absolute atomic E-state index is 10.9. The molecule has 1 aromatic rings. The molecule has 0 aromatic heterocycles. The quantitative estimate of drug-likeness (QED) is 0.849. The van der Waals surface area contributed by atoms with Gasteiger partial charge in [-0.05, 0) is 69.1 Å². The number of hydrogen-bond acceptors (Lipinski definition) is 1. The third-order valence-corrected chi connectivity index (χ3v) is 4.96. The fourth-order valence-corrected chi connectivity index (χ4v) is 3.62. The van der Waals surface area contributed by atoms with Gasteiger partial charge in [0.25, 0.3) is 0 Å². The Labute approximate surface area is 118 Å². The van der Waals surface area contributed by atoms with Gasteiger partial charge >= 0.3 is 0 Å². The van der Waals surface area contributed by atoms with Gasteiger partial charge in [-0.15, -0.1) is 0 Å². The molecule has 1 aliphatic carbocycles. The normalized spacial score (nSPS) is 27.5. The minimum Gasteiger partial charge on any atom is -0.390 e. The largest absolute Gasteiger partial charge is 0.390 e. The van der Waals surface area contributed by atoms with Gasteiger partial charge in [0.1, 0.15) is 0 Å². The summed E-state index contributed by atoms with van der Waals surface area (Å²) in [5, 5.41) is 10.9. The minimum atomic E-state index is -0.462. The van der Waals surface area contributed by atoms with Gasteiger partial charge in [-0.2, -0.15) is 0 Å². The molecule has 1 aliphatic rings. The van der Waals surface area contributed by atoms with E-state index in [0.717, 1.165) is 25.2 Å². The zero-order valence-corrected chi connectivity index (χ0v) is 12.9. The van der Waals surface area contributed by atoms with Crippen LogP contribution in [0.4, 0.5) is 0 Å². The molecule has 0 saturated heterocycles. The van der Waals surface area contributed by atoms with Crippen molar-refractivity contribution in [3.05, 3.63) is 34.4 Å². The van der Waals surface area contributed by atoms with Gasteiger partial charge in [0.15, 0.2) is 0 Å². The highest BCUT2D eigenvalue weighted by molar-refractivity contribution is 5.38. The summed E-state index contributed by atoms with van der Waals surface area (Å²) in [6.45, 7) is 8.76. The summed E-state index contributed by atoms with van der Waals surface area (Å²) in [5.41, 5.74) is 4.90. The maximum atomic E-state index is 10.9. The molecule has 0 aliphatic heterocycles. The summed E-state index contributed by atoms with van der Waals surface area (Å²) >= 11 is 0. The van der Waals surface area contributed by atoms with Crippen LogP contribution in [0.2, 0.25) is 0 Å². The number of rotatable bonds is 3. The van der Waals surface area contributed by atoms with Crippen LogP contribution in [0.15, 0.2) is 12.1 Å². The smallest absolute Gasteiger partial charge is 0.0688 e. The fraction of sp³-hybridized carbons (Fsp3) is 0.667. The lowest BCUT2D eigenvalue weighted by atomic mass is 9.74. The SMILES string of the molecule is CCC1CCC(O)(Cc2c(C)cc(C)cc2C)CC1. The van der Waals surface area contributed by atoms with Crippen LogP contribution >= 0.6 is 0 Å². The first-order chi connectivity index (χ1) is 8.93. The van der Waals surface area contributed by atoms with E-state index < -0.39 is 5.60 Å². The van der Waals surface area contributed by atoms with Crippen LogP contribution in [0.1, 0.15) is 61.3 Å². The first kappa shape index (κ1) is 14.6. The third kappa shape index (κ3) is 3.39. The standard InChI is InChI=1S/C18H28O/c1-5-16-6-8-18(19,9-7-16)12-17-14(3)10-13(2)11-15(17)4/h10-11,16,19H,5-9,12H2,1-4H3. The minimum absolute atomic E-state index is 0.462. The molecule has 2 rings (SSSR count). The van der Waals surface area contributed by atoms with Gasteiger partial charge in [-0.25, -0.2) is 0 Å². The molecule has 0 unspecified atom stereocenters. The van der Waals surface area contributed by atoms with Crippen LogP contribution in [0.3, 0.4) is 0 Å². The zero-order valence-electron chi connectivity index (χ0n) is 12.9. The molecule has 0 bridgehead atoms. The van der Waals surface area contributed by atoms with Gasteiger partial charge in [-0.3, -0.25) is 0 Å². The van der Waals surface area contributed by atoms with E-state index in [9.17, 15) is 5.11 Å². The highest BCUT2D eigenvalue weighted by Gasteiger charge is 2.33. The zero-order chi connectivity index (χ0) is 14.0. The molecule has 1 N–H and O–H groups in total. The summed E-state index contributed by atoms with van der Waals surface area (Å²) in [6.07, 6.45) is 6.42. The first-order valence-electron chi connectivity index (χ1n) is 7.72. The van der Waals surface area contributed by atoms with Crippen LogP contribution in [-0.4, -0.2) is 10.7 Å². The molecule has 0 heterocycles. The molecule has 1 heteroatoms. The summed E-state index contributed by atoms with van der Waals surface area (Å²) in [4.78, 5) is 0. The number of aliphatic hydroxyl groups is 1. The van der Waals surface area contributed by atoms with Crippen molar-refractivity contribution >= 4 is 0 Å². The maximum Gasteiger partial charge on any atom is 0.0688 e. The second-order valence-corrected chi connectivity index (χ2v) is 6.63. The highest BCUT2D eigenvalue weighted by Crippen LogP contribution is 2.36. The van der Waals surface area contributed by atoms with E-state index in [-0.39, 0.29) is 0 Å². The Bertz CT molecular complexity index is 416. The number of benzene rings is 1. The predicted molar refractivity (Wildman–Crippen MR) is 81.6 cm³/mol. The molecule has 0 atom stereocenters. The van der Waals surface area contributed by atoms with Crippen molar-refractivity contribution in [3.63, 3.8) is 0 Å². The Kier molecular flexibility index (Phi) is 4.35. The monoisotopic (exact) mass is 260 g/mol. The number of hydrogen-bond donors (Lipinski definition) is 1. The molecule has 1 aromatic carbocycles. The van der Waals surface area contributed by atoms with Gasteiger partial charge in [0.05, 0.1) is 5.60 Å². The third-order valence-electron chi connectivity index (χ3n) is 4.96. The molecular formula is C18H28O. The molecule has 0 amide bonds. The Morgan fingerprint density at radius 3 is 2.11 bits per heavy atom. The summed E-state index contributed by atoms with van der Waals surface area (Å²) in [6, 6.07) is 4.48. The molecule has 1 nitrogen and oxygen atoms in total. The van der Waals surface area contributed by atoms with Crippen LogP contribution in [0.25, 0.3) is 0 Å². The predicted octanol–water partition coefficient (Wildman–Crippen LogP) is 4.49. The molecule has 0 radical (unpaired) electrons. The van der Waals surface area contributed by atoms with Crippen molar-refractivity contribution < 1.29 is 5.11 Å². The van der Waals surface area contributed by atoms with Crippen LogP contribution < -0.4 is 0 Å². The van der Waals surface area contributed by atoms with Crippen LogP contribution in [0.5, 0.6) is 0 Å². The summed E-state index contributed by atoms with van der Waals surface area (Å²) in [7, 11) is 0. The molecule has 19 heavy (non-hydrogen) atoms. The van der Waals surface area contributed by atoms with E-state index in [0.29, 0.717) is 0 Å². The van der Waals surface area contributed by atoms with Crippen molar-refractivity contribution in [3.8, 4) is 0 Å². The van der Waals surface area contributed by atoms with Crippen molar-refractivity contribution in [2.75, 3.05) is 0 Å². The Morgan fingerprint density at radius 2 is 1.63 bits per heavy atom. The fourth-order valence-electron chi connectivity index (χ4n) is 3.62.